The van der Waals surface area contributed by atoms with Gasteiger partial charge in [-0.15, -0.1) is 0 Å². The molecule has 112 valence electrons. The molecule has 0 bridgehead atoms. The van der Waals surface area contributed by atoms with E-state index in [0.717, 1.165) is 21.9 Å². The smallest absolute Gasteiger partial charge is 0.166 e. The monoisotopic (exact) mass is 292 g/mol. The second-order valence-corrected chi connectivity index (χ2v) is 6.50. The van der Waals surface area contributed by atoms with Gasteiger partial charge >= 0.3 is 0 Å². The lowest BCUT2D eigenvalue weighted by molar-refractivity contribution is -0.118. The van der Waals surface area contributed by atoms with Crippen LogP contribution >= 0.6 is 0 Å². The van der Waals surface area contributed by atoms with Crippen LogP contribution in [-0.2, 0) is 9.59 Å². The Morgan fingerprint density at radius 1 is 0.727 bits per heavy atom. The van der Waals surface area contributed by atoms with Crippen LogP contribution in [0.3, 0.4) is 0 Å². The fraction of sp³-hybridized carbons (Fsp3) is 0.300. The number of hydrogen-bond acceptors (Lipinski definition) is 2. The Bertz CT molecular complexity index is 758. The molecular weight excluding hydrogens is 272 g/mol. The van der Waals surface area contributed by atoms with Crippen molar-refractivity contribution in [1.29, 1.82) is 0 Å². The van der Waals surface area contributed by atoms with Gasteiger partial charge in [0, 0.05) is 23.0 Å². The van der Waals surface area contributed by atoms with Crippen molar-refractivity contribution in [2.75, 3.05) is 0 Å². The molecule has 1 aliphatic rings. The Morgan fingerprint density at radius 3 is 1.50 bits per heavy atom. The van der Waals surface area contributed by atoms with Gasteiger partial charge in [-0.3, -0.25) is 9.59 Å². The van der Waals surface area contributed by atoms with Crippen molar-refractivity contribution < 1.29 is 9.59 Å². The summed E-state index contributed by atoms with van der Waals surface area (Å²) in [4.78, 5) is 25.6. The lowest BCUT2D eigenvalue weighted by Crippen LogP contribution is -2.15. The summed E-state index contributed by atoms with van der Waals surface area (Å²) in [6.45, 7) is 7.54. The van der Waals surface area contributed by atoms with E-state index in [1.807, 2.05) is 64.1 Å². The van der Waals surface area contributed by atoms with Crippen LogP contribution in [0.4, 0.5) is 0 Å². The molecule has 0 heterocycles. The van der Waals surface area contributed by atoms with Gasteiger partial charge in [0.15, 0.2) is 11.6 Å². The zero-order chi connectivity index (χ0) is 16.0. The SMILES string of the molecule is CC(C)C(=O)C1=C(C(=O)C(C)C)c2cccc3cccc1c23. The zero-order valence-corrected chi connectivity index (χ0v) is 13.4. The minimum absolute atomic E-state index is 0.0488. The number of hydrogen-bond donors (Lipinski definition) is 0. The summed E-state index contributed by atoms with van der Waals surface area (Å²) in [5.41, 5.74) is 3.05. The summed E-state index contributed by atoms with van der Waals surface area (Å²) >= 11 is 0. The topological polar surface area (TPSA) is 34.1 Å². The van der Waals surface area contributed by atoms with Crippen LogP contribution in [0.25, 0.3) is 21.9 Å². The summed E-state index contributed by atoms with van der Waals surface area (Å²) in [5.74, 6) is -0.163. The van der Waals surface area contributed by atoms with E-state index in [-0.39, 0.29) is 23.4 Å². The number of allylic oxidation sites excluding steroid dienone is 2. The first kappa shape index (κ1) is 14.7. The Labute approximate surface area is 130 Å². The maximum Gasteiger partial charge on any atom is 0.166 e. The van der Waals surface area contributed by atoms with Gasteiger partial charge < -0.3 is 0 Å². The molecule has 1 aliphatic carbocycles. The van der Waals surface area contributed by atoms with Crippen LogP contribution < -0.4 is 0 Å². The van der Waals surface area contributed by atoms with Gasteiger partial charge in [-0.1, -0.05) is 64.1 Å². The van der Waals surface area contributed by atoms with Gasteiger partial charge in [-0.25, -0.2) is 0 Å². The lowest BCUT2D eigenvalue weighted by atomic mass is 9.89. The molecule has 0 N–H and O–H groups in total. The third-order valence-electron chi connectivity index (χ3n) is 4.23. The highest BCUT2D eigenvalue weighted by molar-refractivity contribution is 6.46. The summed E-state index contributed by atoms with van der Waals surface area (Å²) in [6, 6.07) is 11.9. The number of benzene rings is 2. The van der Waals surface area contributed by atoms with Gasteiger partial charge in [-0.2, -0.15) is 0 Å². The Kier molecular flexibility index (Phi) is 3.48. The number of carbonyl (C=O) groups is 2. The minimum atomic E-state index is -0.130. The molecule has 2 heteroatoms. The molecule has 2 aromatic rings. The van der Waals surface area contributed by atoms with E-state index in [1.54, 1.807) is 0 Å². The van der Waals surface area contributed by atoms with Gasteiger partial charge in [0.25, 0.3) is 0 Å². The second-order valence-electron chi connectivity index (χ2n) is 6.50. The van der Waals surface area contributed by atoms with Crippen LogP contribution in [0.5, 0.6) is 0 Å². The highest BCUT2D eigenvalue weighted by atomic mass is 16.1. The van der Waals surface area contributed by atoms with E-state index in [0.29, 0.717) is 11.1 Å². The maximum absolute atomic E-state index is 12.8. The third-order valence-corrected chi connectivity index (χ3v) is 4.23. The van der Waals surface area contributed by atoms with Gasteiger partial charge in [0.2, 0.25) is 0 Å². The van der Waals surface area contributed by atoms with Gasteiger partial charge in [0.1, 0.15) is 0 Å². The van der Waals surface area contributed by atoms with Crippen LogP contribution in [0.2, 0.25) is 0 Å². The lowest BCUT2D eigenvalue weighted by Gasteiger charge is -2.12. The summed E-state index contributed by atoms with van der Waals surface area (Å²) in [7, 11) is 0. The predicted octanol–water partition coefficient (Wildman–Crippen LogP) is 4.51. The van der Waals surface area contributed by atoms with E-state index in [4.69, 9.17) is 0 Å². The minimum Gasteiger partial charge on any atom is -0.294 e. The molecule has 0 saturated heterocycles. The molecular formula is C20H20O2. The van der Waals surface area contributed by atoms with E-state index >= 15 is 0 Å². The fourth-order valence-corrected chi connectivity index (χ4v) is 3.12. The molecule has 0 amide bonds. The highest BCUT2D eigenvalue weighted by Gasteiger charge is 2.33. The standard InChI is InChI=1S/C20H20O2/c1-11(2)19(21)17-14-9-5-7-13-8-6-10-15(16(13)14)18(17)20(22)12(3)4/h5-12H,1-4H3. The van der Waals surface area contributed by atoms with Crippen molar-refractivity contribution in [2.45, 2.75) is 27.7 Å². The Hall–Kier alpha value is -2.22. The molecule has 0 aliphatic heterocycles. The van der Waals surface area contributed by atoms with Gasteiger partial charge in [-0.05, 0) is 21.9 Å². The van der Waals surface area contributed by atoms with Crippen molar-refractivity contribution in [3.8, 4) is 0 Å². The van der Waals surface area contributed by atoms with Crippen LogP contribution in [0.1, 0.15) is 38.8 Å². The highest BCUT2D eigenvalue weighted by Crippen LogP contribution is 2.44. The molecule has 0 aromatic heterocycles. The van der Waals surface area contributed by atoms with E-state index in [2.05, 4.69) is 0 Å². The quantitative estimate of drug-likeness (QED) is 0.830. The summed E-state index contributed by atoms with van der Waals surface area (Å²) in [5, 5.41) is 2.12. The first-order valence-corrected chi connectivity index (χ1v) is 7.78. The largest absolute Gasteiger partial charge is 0.294 e. The molecule has 0 atom stereocenters. The Morgan fingerprint density at radius 2 is 1.14 bits per heavy atom. The maximum atomic E-state index is 12.8. The molecule has 0 unspecified atom stereocenters. The van der Waals surface area contributed by atoms with E-state index < -0.39 is 0 Å². The second kappa shape index (κ2) is 5.20. The average Bonchev–Trinajstić information content (AvgIpc) is 2.82. The number of rotatable bonds is 4. The average molecular weight is 292 g/mol. The zero-order valence-electron chi connectivity index (χ0n) is 13.4. The van der Waals surface area contributed by atoms with Gasteiger partial charge in [0.05, 0.1) is 0 Å². The number of Topliss-reactive ketones (excluding diaryl/α,β-unsaturated/α-hetero) is 2. The predicted molar refractivity (Wildman–Crippen MR) is 90.5 cm³/mol. The molecule has 0 spiro atoms. The van der Waals surface area contributed by atoms with Crippen LogP contribution in [0.15, 0.2) is 36.4 Å². The molecule has 0 fully saturated rings. The molecule has 2 nitrogen and oxygen atoms in total. The fourth-order valence-electron chi connectivity index (χ4n) is 3.12. The molecule has 22 heavy (non-hydrogen) atoms. The summed E-state index contributed by atoms with van der Waals surface area (Å²) in [6.07, 6.45) is 0. The third kappa shape index (κ3) is 2.02. The first-order chi connectivity index (χ1) is 10.4. The molecule has 0 radical (unpaired) electrons. The number of carbonyl (C=O) groups excluding carboxylic acids is 2. The van der Waals surface area contributed by atoms with Crippen LogP contribution in [-0.4, -0.2) is 11.6 Å². The van der Waals surface area contributed by atoms with E-state index in [9.17, 15) is 9.59 Å². The van der Waals surface area contributed by atoms with Crippen molar-refractivity contribution in [3.05, 3.63) is 47.5 Å². The first-order valence-electron chi connectivity index (χ1n) is 7.78. The molecule has 2 aromatic carbocycles. The molecule has 0 saturated carbocycles. The van der Waals surface area contributed by atoms with Crippen molar-refractivity contribution in [2.24, 2.45) is 11.8 Å². The van der Waals surface area contributed by atoms with E-state index in [1.165, 1.54) is 0 Å². The van der Waals surface area contributed by atoms with Crippen molar-refractivity contribution in [1.82, 2.24) is 0 Å². The van der Waals surface area contributed by atoms with Crippen LogP contribution in [0, 0.1) is 11.8 Å². The molecule has 3 rings (SSSR count). The van der Waals surface area contributed by atoms with Crippen molar-refractivity contribution >= 4 is 33.5 Å². The normalized spacial score (nSPS) is 13.5. The van der Waals surface area contributed by atoms with Crippen molar-refractivity contribution in [3.63, 3.8) is 0 Å². The Balaban J connectivity index is 2.39. The number of ketones is 2. The summed E-state index contributed by atoms with van der Waals surface area (Å²) < 4.78 is 0.